The maximum Gasteiger partial charge on any atom is 0.458 e. The molecule has 0 unspecified atom stereocenters. The number of H-pyrrole nitrogens is 1. The summed E-state index contributed by atoms with van der Waals surface area (Å²) >= 11 is 1.36. The van der Waals surface area contributed by atoms with Crippen LogP contribution in [0.25, 0.3) is 17.2 Å². The first-order valence-electron chi connectivity index (χ1n) is 6.87. The lowest BCUT2D eigenvalue weighted by molar-refractivity contribution is -0.620. The van der Waals surface area contributed by atoms with Crippen LogP contribution in [0.2, 0.25) is 0 Å². The van der Waals surface area contributed by atoms with Crippen molar-refractivity contribution in [2.75, 3.05) is 0 Å². The molecular weight excluding hydrogens is 314 g/mol. The summed E-state index contributed by atoms with van der Waals surface area (Å²) in [6.07, 6.45) is 3.37. The molecule has 1 N–H and O–H groups in total. The fraction of sp³-hybridized carbons (Fsp3) is 0.143. The smallest absolute Gasteiger partial charge is 0.411 e. The van der Waals surface area contributed by atoms with Gasteiger partial charge in [0.05, 0.1) is 0 Å². The Morgan fingerprint density at radius 1 is 1.13 bits per heavy atom. The number of nitrogens with one attached hydrogen (secondary N) is 1. The average molecular weight is 326 g/mol. The Hall–Kier alpha value is -2.81. The lowest BCUT2D eigenvalue weighted by atomic mass is 10.3. The number of aromatic nitrogens is 7. The van der Waals surface area contributed by atoms with Gasteiger partial charge in [-0.05, 0) is 19.1 Å². The highest BCUT2D eigenvalue weighted by atomic mass is 32.2. The largest absolute Gasteiger partial charge is 0.458 e. The Labute approximate surface area is 135 Å². The number of hydrogen-bond donors (Lipinski definition) is 1. The molecule has 23 heavy (non-hydrogen) atoms. The van der Waals surface area contributed by atoms with Crippen LogP contribution >= 0.6 is 11.8 Å². The van der Waals surface area contributed by atoms with Crippen LogP contribution in [0, 0.1) is 13.8 Å². The highest BCUT2D eigenvalue weighted by Crippen LogP contribution is 2.27. The van der Waals surface area contributed by atoms with E-state index in [1.54, 1.807) is 16.9 Å². The molecule has 0 atom stereocenters. The molecule has 0 aliphatic rings. The van der Waals surface area contributed by atoms with E-state index < -0.39 is 0 Å². The lowest BCUT2D eigenvalue weighted by Gasteiger charge is -1.96. The van der Waals surface area contributed by atoms with E-state index in [0.717, 1.165) is 22.1 Å². The van der Waals surface area contributed by atoms with Crippen molar-refractivity contribution in [1.82, 2.24) is 30.2 Å². The number of rotatable bonds is 3. The van der Waals surface area contributed by atoms with Gasteiger partial charge in [-0.1, -0.05) is 9.97 Å². The minimum absolute atomic E-state index is 0.448. The molecule has 0 saturated carbocycles. The van der Waals surface area contributed by atoms with E-state index in [9.17, 15) is 0 Å². The zero-order valence-corrected chi connectivity index (χ0v) is 13.2. The van der Waals surface area contributed by atoms with Crippen LogP contribution in [-0.2, 0) is 0 Å². The van der Waals surface area contributed by atoms with Gasteiger partial charge in [0.15, 0.2) is 5.03 Å². The summed E-state index contributed by atoms with van der Waals surface area (Å²) in [7, 11) is 0. The van der Waals surface area contributed by atoms with E-state index in [-0.39, 0.29) is 0 Å². The molecule has 4 aromatic rings. The fourth-order valence-corrected chi connectivity index (χ4v) is 2.95. The third kappa shape index (κ3) is 2.66. The van der Waals surface area contributed by atoms with Gasteiger partial charge in [0.1, 0.15) is 5.69 Å². The molecule has 0 fully saturated rings. The highest BCUT2D eigenvalue weighted by molar-refractivity contribution is 7.98. The third-order valence-electron chi connectivity index (χ3n) is 3.10. The van der Waals surface area contributed by atoms with Crippen LogP contribution in [0.1, 0.15) is 11.5 Å². The van der Waals surface area contributed by atoms with Crippen LogP contribution < -0.4 is 4.52 Å². The molecule has 0 amide bonds. The molecule has 0 saturated heterocycles. The van der Waals surface area contributed by atoms with Crippen LogP contribution in [0.3, 0.4) is 0 Å². The summed E-state index contributed by atoms with van der Waals surface area (Å²) in [5.74, 6) is 1.86. The predicted molar refractivity (Wildman–Crippen MR) is 80.7 cm³/mol. The zero-order valence-electron chi connectivity index (χ0n) is 12.4. The monoisotopic (exact) mass is 326 g/mol. The van der Waals surface area contributed by atoms with Crippen molar-refractivity contribution >= 4 is 17.5 Å². The second kappa shape index (κ2) is 5.43. The summed E-state index contributed by atoms with van der Waals surface area (Å²) in [6.45, 7) is 3.80. The summed E-state index contributed by atoms with van der Waals surface area (Å²) in [5.41, 5.74) is 1.70. The average Bonchev–Trinajstić information content (AvgIpc) is 3.14. The van der Waals surface area contributed by atoms with Gasteiger partial charge in [-0.15, -0.1) is 14.7 Å². The van der Waals surface area contributed by atoms with Crippen LogP contribution in [-0.4, -0.2) is 30.2 Å². The standard InChI is InChI=1S/C14H11N7OS/c1-8-7-11(21-13(16-8)17-9(2)20-21)23-14-19-18-12(22-14)10-3-5-15-6-4-10/h3-7H,1-2H3/p+1. The lowest BCUT2D eigenvalue weighted by Crippen LogP contribution is -2.27. The molecule has 8 nitrogen and oxygen atoms in total. The maximum atomic E-state index is 5.71. The SMILES string of the molecule is Cc1cc(Sc2nnc(-c3ccncc3)o2)[n+]2[nH]c(C)nc2n1. The van der Waals surface area contributed by atoms with E-state index in [1.807, 2.05) is 32.0 Å². The maximum absolute atomic E-state index is 5.71. The molecule has 4 aromatic heterocycles. The van der Waals surface area contributed by atoms with Gasteiger partial charge in [0.25, 0.3) is 5.22 Å². The number of aryl methyl sites for hydroxylation is 2. The van der Waals surface area contributed by atoms with Crippen LogP contribution in [0.4, 0.5) is 0 Å². The van der Waals surface area contributed by atoms with Crippen molar-refractivity contribution in [2.45, 2.75) is 24.1 Å². The minimum Gasteiger partial charge on any atom is -0.411 e. The van der Waals surface area contributed by atoms with Gasteiger partial charge in [0, 0.05) is 42.7 Å². The Morgan fingerprint density at radius 3 is 2.78 bits per heavy atom. The van der Waals surface area contributed by atoms with Gasteiger partial charge in [0.2, 0.25) is 11.7 Å². The zero-order chi connectivity index (χ0) is 15.8. The summed E-state index contributed by atoms with van der Waals surface area (Å²) < 4.78 is 7.51. The quantitative estimate of drug-likeness (QED) is 0.452. The number of nitrogens with zero attached hydrogens (tertiary/aromatic N) is 6. The molecule has 0 aromatic carbocycles. The highest BCUT2D eigenvalue weighted by Gasteiger charge is 2.19. The summed E-state index contributed by atoms with van der Waals surface area (Å²) in [5, 5.41) is 12.6. The summed E-state index contributed by atoms with van der Waals surface area (Å²) in [4.78, 5) is 12.7. The molecule has 0 spiro atoms. The second-order valence-corrected chi connectivity index (χ2v) is 5.86. The van der Waals surface area contributed by atoms with Crippen LogP contribution in [0.15, 0.2) is 45.3 Å². The molecule has 0 bridgehead atoms. The molecule has 0 radical (unpaired) electrons. The molecule has 4 rings (SSSR count). The van der Waals surface area contributed by atoms with Crippen molar-refractivity contribution in [3.05, 3.63) is 42.1 Å². The van der Waals surface area contributed by atoms with Gasteiger partial charge < -0.3 is 4.42 Å². The number of pyridine rings is 1. The molecule has 0 aliphatic carbocycles. The Balaban J connectivity index is 1.70. The molecule has 4 heterocycles. The third-order valence-corrected chi connectivity index (χ3v) is 3.95. The van der Waals surface area contributed by atoms with Gasteiger partial charge in [-0.2, -0.15) is 0 Å². The molecule has 9 heteroatoms. The fourth-order valence-electron chi connectivity index (χ4n) is 2.13. The van der Waals surface area contributed by atoms with Gasteiger partial charge >= 0.3 is 5.78 Å². The van der Waals surface area contributed by atoms with Gasteiger partial charge in [-0.3, -0.25) is 4.98 Å². The summed E-state index contributed by atoms with van der Waals surface area (Å²) in [6, 6.07) is 5.58. The first-order chi connectivity index (χ1) is 11.2. The van der Waals surface area contributed by atoms with Crippen molar-refractivity contribution in [2.24, 2.45) is 0 Å². The van der Waals surface area contributed by atoms with Crippen LogP contribution in [0.5, 0.6) is 0 Å². The molecular formula is C14H12N7OS+. The van der Waals surface area contributed by atoms with E-state index in [2.05, 4.69) is 30.2 Å². The number of fused-ring (bicyclic) bond motifs is 1. The van der Waals surface area contributed by atoms with E-state index in [1.165, 1.54) is 11.8 Å². The number of hydrogen-bond acceptors (Lipinski definition) is 7. The Kier molecular flexibility index (Phi) is 3.27. The van der Waals surface area contributed by atoms with E-state index >= 15 is 0 Å². The first-order valence-corrected chi connectivity index (χ1v) is 7.68. The Morgan fingerprint density at radius 2 is 1.96 bits per heavy atom. The predicted octanol–water partition coefficient (Wildman–Crippen LogP) is 1.76. The topological polar surface area (TPSA) is 97.5 Å². The van der Waals surface area contributed by atoms with E-state index in [4.69, 9.17) is 4.42 Å². The second-order valence-electron chi connectivity index (χ2n) is 4.89. The van der Waals surface area contributed by atoms with Gasteiger partial charge in [-0.25, -0.2) is 5.10 Å². The number of aromatic amines is 1. The molecule has 114 valence electrons. The van der Waals surface area contributed by atoms with Crippen molar-refractivity contribution in [3.8, 4) is 11.5 Å². The van der Waals surface area contributed by atoms with Crippen molar-refractivity contribution in [3.63, 3.8) is 0 Å². The normalized spacial score (nSPS) is 11.2. The molecule has 0 aliphatic heterocycles. The first kappa shape index (κ1) is 13.8. The van der Waals surface area contributed by atoms with Crippen molar-refractivity contribution in [1.29, 1.82) is 0 Å². The van der Waals surface area contributed by atoms with Crippen molar-refractivity contribution < 1.29 is 8.93 Å². The van der Waals surface area contributed by atoms with E-state index in [0.29, 0.717) is 16.9 Å². The minimum atomic E-state index is 0.448. The Bertz CT molecular complexity index is 979.